The van der Waals surface area contributed by atoms with Crippen LogP contribution >= 0.6 is 0 Å². The Bertz CT molecular complexity index is 1170. The summed E-state index contributed by atoms with van der Waals surface area (Å²) >= 11 is 0. The number of anilines is 1. The highest BCUT2D eigenvalue weighted by Gasteiger charge is 2.30. The monoisotopic (exact) mass is 452 g/mol. The summed E-state index contributed by atoms with van der Waals surface area (Å²) in [6.07, 6.45) is 2.09. The SMILES string of the molecule is Cc1cc(Oc2cc(C#N)ccc2-c2ncc(C(F)(F)CN)cn2)cc(N2CCOCC2)n1. The zero-order valence-corrected chi connectivity index (χ0v) is 18.0. The van der Waals surface area contributed by atoms with Crippen LogP contribution in [0.2, 0.25) is 0 Å². The Hall–Kier alpha value is -3.68. The summed E-state index contributed by atoms with van der Waals surface area (Å²) in [5, 5.41) is 9.34. The van der Waals surface area contributed by atoms with E-state index < -0.39 is 12.5 Å². The lowest BCUT2D eigenvalue weighted by molar-refractivity contribution is 0.00527. The number of morpholine rings is 1. The number of nitriles is 1. The Morgan fingerprint density at radius 1 is 1.18 bits per heavy atom. The number of ether oxygens (including phenoxy) is 2. The van der Waals surface area contributed by atoms with Crippen LogP contribution in [0.5, 0.6) is 11.5 Å². The highest BCUT2D eigenvalue weighted by Crippen LogP contribution is 2.35. The number of hydrogen-bond acceptors (Lipinski definition) is 8. The molecule has 1 aromatic carbocycles. The Balaban J connectivity index is 1.69. The molecular weight excluding hydrogens is 430 g/mol. The lowest BCUT2D eigenvalue weighted by Crippen LogP contribution is -2.36. The van der Waals surface area contributed by atoms with Gasteiger partial charge in [-0.3, -0.25) is 0 Å². The number of aryl methyl sites for hydroxylation is 1. The summed E-state index contributed by atoms with van der Waals surface area (Å²) < 4.78 is 39.2. The van der Waals surface area contributed by atoms with Gasteiger partial charge in [-0.1, -0.05) is 0 Å². The van der Waals surface area contributed by atoms with Gasteiger partial charge < -0.3 is 20.1 Å². The van der Waals surface area contributed by atoms with Crippen molar-refractivity contribution in [2.24, 2.45) is 5.73 Å². The first-order valence-corrected chi connectivity index (χ1v) is 10.3. The molecule has 0 spiro atoms. The van der Waals surface area contributed by atoms with E-state index in [1.165, 1.54) is 0 Å². The van der Waals surface area contributed by atoms with Crippen LogP contribution in [0.25, 0.3) is 11.4 Å². The van der Waals surface area contributed by atoms with E-state index >= 15 is 0 Å². The third-order valence-corrected chi connectivity index (χ3v) is 5.16. The second-order valence-electron chi connectivity index (χ2n) is 7.53. The average molecular weight is 452 g/mol. The molecule has 10 heteroatoms. The highest BCUT2D eigenvalue weighted by molar-refractivity contribution is 5.66. The van der Waals surface area contributed by atoms with E-state index in [0.29, 0.717) is 35.8 Å². The molecule has 0 radical (unpaired) electrons. The molecule has 0 atom stereocenters. The van der Waals surface area contributed by atoms with Crippen LogP contribution in [0, 0.1) is 18.3 Å². The Morgan fingerprint density at radius 3 is 2.58 bits per heavy atom. The number of aromatic nitrogens is 3. The van der Waals surface area contributed by atoms with E-state index in [1.54, 1.807) is 24.3 Å². The van der Waals surface area contributed by atoms with Gasteiger partial charge in [-0.15, -0.1) is 0 Å². The van der Waals surface area contributed by atoms with Gasteiger partial charge in [0, 0.05) is 43.3 Å². The maximum absolute atomic E-state index is 13.8. The smallest absolute Gasteiger partial charge is 0.288 e. The minimum absolute atomic E-state index is 0.185. The Labute approximate surface area is 189 Å². The molecule has 3 aromatic rings. The van der Waals surface area contributed by atoms with E-state index in [9.17, 15) is 14.0 Å². The number of halogens is 2. The molecule has 0 unspecified atom stereocenters. The summed E-state index contributed by atoms with van der Waals surface area (Å²) in [7, 11) is 0. The van der Waals surface area contributed by atoms with E-state index in [0.717, 1.165) is 37.0 Å². The Kier molecular flexibility index (Phi) is 6.44. The van der Waals surface area contributed by atoms with Crippen molar-refractivity contribution in [3.8, 4) is 29.0 Å². The summed E-state index contributed by atoms with van der Waals surface area (Å²) in [5.41, 5.74) is 6.36. The molecule has 8 nitrogen and oxygen atoms in total. The molecule has 2 N–H and O–H groups in total. The molecule has 4 rings (SSSR count). The Morgan fingerprint density at radius 2 is 1.91 bits per heavy atom. The van der Waals surface area contributed by atoms with Gasteiger partial charge in [0.15, 0.2) is 5.82 Å². The predicted molar refractivity (Wildman–Crippen MR) is 117 cm³/mol. The maximum Gasteiger partial charge on any atom is 0.288 e. The first-order chi connectivity index (χ1) is 15.9. The van der Waals surface area contributed by atoms with E-state index in [-0.39, 0.29) is 11.4 Å². The minimum Gasteiger partial charge on any atom is -0.456 e. The van der Waals surface area contributed by atoms with Gasteiger partial charge in [0.2, 0.25) is 0 Å². The number of rotatable bonds is 6. The number of nitrogens with zero attached hydrogens (tertiary/aromatic N) is 5. The van der Waals surface area contributed by atoms with Crippen LogP contribution in [0.3, 0.4) is 0 Å². The molecule has 33 heavy (non-hydrogen) atoms. The molecule has 1 fully saturated rings. The predicted octanol–water partition coefficient (Wildman–Crippen LogP) is 3.40. The summed E-state index contributed by atoms with van der Waals surface area (Å²) in [4.78, 5) is 14.9. The first kappa shape index (κ1) is 22.5. The quantitative estimate of drug-likeness (QED) is 0.606. The standard InChI is InChI=1S/C23H22F2N6O2/c1-15-8-18(10-21(30-15)31-4-6-32-7-5-31)33-20-9-16(11-26)2-3-19(20)22-28-12-17(13-29-22)23(24,25)14-27/h2-3,8-10,12-13H,4-7,14,27H2,1H3. The van der Waals surface area contributed by atoms with E-state index in [2.05, 4.69) is 25.9 Å². The van der Waals surface area contributed by atoms with Crippen molar-refractivity contribution in [1.82, 2.24) is 15.0 Å². The average Bonchev–Trinajstić information content (AvgIpc) is 2.84. The second-order valence-corrected chi connectivity index (χ2v) is 7.53. The minimum atomic E-state index is -3.22. The molecule has 0 aliphatic carbocycles. The molecular formula is C23H22F2N6O2. The van der Waals surface area contributed by atoms with Crippen LogP contribution in [-0.2, 0) is 10.7 Å². The number of hydrogen-bond donors (Lipinski definition) is 1. The zero-order valence-electron chi connectivity index (χ0n) is 18.0. The van der Waals surface area contributed by atoms with Gasteiger partial charge in [0.05, 0.1) is 42.5 Å². The van der Waals surface area contributed by atoms with Crippen molar-refractivity contribution in [2.45, 2.75) is 12.8 Å². The molecule has 2 aromatic heterocycles. The van der Waals surface area contributed by atoms with Crippen molar-refractivity contribution in [1.29, 1.82) is 5.26 Å². The van der Waals surface area contributed by atoms with Crippen LogP contribution in [0.15, 0.2) is 42.7 Å². The fourth-order valence-corrected chi connectivity index (χ4v) is 3.40. The van der Waals surface area contributed by atoms with Crippen LogP contribution in [0.1, 0.15) is 16.8 Å². The number of benzene rings is 1. The first-order valence-electron chi connectivity index (χ1n) is 10.3. The van der Waals surface area contributed by atoms with Gasteiger partial charge >= 0.3 is 0 Å². The highest BCUT2D eigenvalue weighted by atomic mass is 19.3. The van der Waals surface area contributed by atoms with Gasteiger partial charge in [-0.25, -0.2) is 15.0 Å². The van der Waals surface area contributed by atoms with E-state index in [4.69, 9.17) is 15.2 Å². The van der Waals surface area contributed by atoms with Crippen LogP contribution in [0.4, 0.5) is 14.6 Å². The zero-order chi connectivity index (χ0) is 23.4. The van der Waals surface area contributed by atoms with E-state index in [1.807, 2.05) is 13.0 Å². The number of pyridine rings is 1. The van der Waals surface area contributed by atoms with Gasteiger partial charge in [-0.2, -0.15) is 14.0 Å². The summed E-state index contributed by atoms with van der Waals surface area (Å²) in [6, 6.07) is 10.4. The lowest BCUT2D eigenvalue weighted by atomic mass is 10.1. The molecule has 0 saturated carbocycles. The van der Waals surface area contributed by atoms with Crippen LogP contribution < -0.4 is 15.4 Å². The van der Waals surface area contributed by atoms with Crippen molar-refractivity contribution in [2.75, 3.05) is 37.7 Å². The topological polar surface area (TPSA) is 110 Å². The normalized spacial score (nSPS) is 14.1. The summed E-state index contributed by atoms with van der Waals surface area (Å²) in [5.74, 6) is -1.42. The fourth-order valence-electron chi connectivity index (χ4n) is 3.40. The van der Waals surface area contributed by atoms with Crippen molar-refractivity contribution in [3.63, 3.8) is 0 Å². The van der Waals surface area contributed by atoms with Crippen LogP contribution in [-0.4, -0.2) is 47.8 Å². The lowest BCUT2D eigenvalue weighted by Gasteiger charge is -2.28. The number of nitrogens with two attached hydrogens (primary N) is 1. The van der Waals surface area contributed by atoms with Gasteiger partial charge in [-0.05, 0) is 25.1 Å². The molecule has 3 heterocycles. The molecule has 1 aliphatic heterocycles. The fraction of sp³-hybridized carbons (Fsp3) is 0.304. The largest absolute Gasteiger partial charge is 0.456 e. The van der Waals surface area contributed by atoms with Gasteiger partial charge in [0.25, 0.3) is 5.92 Å². The van der Waals surface area contributed by atoms with Crippen molar-refractivity contribution in [3.05, 3.63) is 59.5 Å². The second kappa shape index (κ2) is 9.44. The third-order valence-electron chi connectivity index (χ3n) is 5.16. The maximum atomic E-state index is 13.8. The molecule has 0 amide bonds. The third kappa shape index (κ3) is 5.05. The molecule has 1 aliphatic rings. The van der Waals surface area contributed by atoms with Crippen molar-refractivity contribution >= 4 is 5.82 Å². The molecule has 170 valence electrons. The molecule has 0 bridgehead atoms. The number of alkyl halides is 2. The van der Waals surface area contributed by atoms with Gasteiger partial charge in [0.1, 0.15) is 17.3 Å². The molecule has 1 saturated heterocycles. The van der Waals surface area contributed by atoms with Crippen molar-refractivity contribution < 1.29 is 18.3 Å². The summed E-state index contributed by atoms with van der Waals surface area (Å²) in [6.45, 7) is 3.71.